The molecule has 2 amide bonds. The van der Waals surface area contributed by atoms with Gasteiger partial charge in [0.15, 0.2) is 0 Å². The van der Waals surface area contributed by atoms with Crippen LogP contribution in [0.3, 0.4) is 0 Å². The van der Waals surface area contributed by atoms with Crippen molar-refractivity contribution in [3.05, 3.63) is 29.8 Å². The fraction of sp³-hybridized carbons (Fsp3) is 0.529. The van der Waals surface area contributed by atoms with Gasteiger partial charge in [-0.1, -0.05) is 6.92 Å². The van der Waals surface area contributed by atoms with Crippen molar-refractivity contribution in [1.29, 1.82) is 0 Å². The number of hydrogen-bond donors (Lipinski definition) is 2. The average molecular weight is 301 g/mol. The van der Waals surface area contributed by atoms with E-state index in [1.54, 1.807) is 24.3 Å². The number of carbonyl (C=O) groups is 2. The van der Waals surface area contributed by atoms with Gasteiger partial charge in [0.1, 0.15) is 0 Å². The van der Waals surface area contributed by atoms with Crippen molar-refractivity contribution in [2.45, 2.75) is 32.2 Å². The van der Waals surface area contributed by atoms with E-state index in [9.17, 15) is 9.59 Å². The molecule has 3 N–H and O–H groups in total. The van der Waals surface area contributed by atoms with E-state index in [-0.39, 0.29) is 23.8 Å². The molecular formula is C17H23N3O2. The second-order valence-electron chi connectivity index (χ2n) is 6.54. The maximum absolute atomic E-state index is 12.4. The van der Waals surface area contributed by atoms with Crippen LogP contribution in [0.4, 0.5) is 5.69 Å². The van der Waals surface area contributed by atoms with E-state index in [1.807, 2.05) is 4.90 Å². The highest BCUT2D eigenvalue weighted by molar-refractivity contribution is 5.97. The maximum Gasteiger partial charge on any atom is 0.253 e. The molecule has 1 aromatic rings. The first kappa shape index (κ1) is 15.0. The van der Waals surface area contributed by atoms with Gasteiger partial charge < -0.3 is 16.0 Å². The zero-order valence-corrected chi connectivity index (χ0v) is 12.9. The van der Waals surface area contributed by atoms with Gasteiger partial charge in [0, 0.05) is 36.3 Å². The smallest absolute Gasteiger partial charge is 0.253 e. The molecule has 0 bridgehead atoms. The summed E-state index contributed by atoms with van der Waals surface area (Å²) >= 11 is 0. The average Bonchev–Trinajstić information content (AvgIpc) is 3.24. The summed E-state index contributed by atoms with van der Waals surface area (Å²) in [6.07, 6.45) is 2.91. The van der Waals surface area contributed by atoms with Gasteiger partial charge in [0.25, 0.3) is 5.91 Å². The lowest BCUT2D eigenvalue weighted by atomic mass is 10.1. The predicted octanol–water partition coefficient (Wildman–Crippen LogP) is 1.84. The first-order valence-electron chi connectivity index (χ1n) is 8.00. The van der Waals surface area contributed by atoms with E-state index in [0.717, 1.165) is 31.5 Å². The van der Waals surface area contributed by atoms with E-state index in [1.165, 1.54) is 0 Å². The van der Waals surface area contributed by atoms with Crippen molar-refractivity contribution in [3.63, 3.8) is 0 Å². The van der Waals surface area contributed by atoms with Crippen molar-refractivity contribution in [2.24, 2.45) is 17.6 Å². The lowest BCUT2D eigenvalue weighted by Crippen LogP contribution is -2.45. The van der Waals surface area contributed by atoms with Crippen LogP contribution in [-0.2, 0) is 4.79 Å². The zero-order chi connectivity index (χ0) is 15.7. The molecule has 3 atom stereocenters. The van der Waals surface area contributed by atoms with Gasteiger partial charge in [0.05, 0.1) is 0 Å². The van der Waals surface area contributed by atoms with Gasteiger partial charge in [-0.05, 0) is 49.4 Å². The van der Waals surface area contributed by atoms with Crippen molar-refractivity contribution >= 4 is 17.5 Å². The summed E-state index contributed by atoms with van der Waals surface area (Å²) in [6, 6.07) is 7.21. The van der Waals surface area contributed by atoms with E-state index in [0.29, 0.717) is 18.0 Å². The standard InChI is InChI=1S/C17H23N3O2/c1-11-9-15(11)16(21)19-14-6-4-12(5-7-14)17(22)20-8-2-3-13(18)10-20/h4-7,11,13,15H,2-3,8-10,18H2,1H3,(H,19,21). The molecule has 3 unspecified atom stereocenters. The molecule has 5 heteroatoms. The predicted molar refractivity (Wildman–Crippen MR) is 85.5 cm³/mol. The van der Waals surface area contributed by atoms with Gasteiger partial charge in [-0.3, -0.25) is 9.59 Å². The maximum atomic E-state index is 12.4. The third-order valence-corrected chi connectivity index (χ3v) is 4.59. The van der Waals surface area contributed by atoms with Crippen LogP contribution in [0.2, 0.25) is 0 Å². The Bertz CT molecular complexity index is 570. The van der Waals surface area contributed by atoms with Gasteiger partial charge in [0.2, 0.25) is 5.91 Å². The number of anilines is 1. The Morgan fingerprint density at radius 3 is 2.55 bits per heavy atom. The first-order valence-corrected chi connectivity index (χ1v) is 8.00. The Labute approximate surface area is 130 Å². The molecule has 118 valence electrons. The number of piperidine rings is 1. The minimum atomic E-state index is 0.0174. The highest BCUT2D eigenvalue weighted by Crippen LogP contribution is 2.38. The lowest BCUT2D eigenvalue weighted by Gasteiger charge is -2.30. The number of likely N-dealkylation sites (tertiary alicyclic amines) is 1. The molecule has 0 spiro atoms. The topological polar surface area (TPSA) is 75.4 Å². The van der Waals surface area contributed by atoms with Gasteiger partial charge in [-0.2, -0.15) is 0 Å². The van der Waals surface area contributed by atoms with E-state index in [2.05, 4.69) is 12.2 Å². The number of hydrogen-bond acceptors (Lipinski definition) is 3. The number of rotatable bonds is 3. The normalized spacial score (nSPS) is 27.4. The van der Waals surface area contributed by atoms with Crippen molar-refractivity contribution in [1.82, 2.24) is 4.90 Å². The molecule has 1 saturated carbocycles. The minimum absolute atomic E-state index is 0.0174. The summed E-state index contributed by atoms with van der Waals surface area (Å²) in [5.74, 6) is 0.734. The Morgan fingerprint density at radius 1 is 1.27 bits per heavy atom. The first-order chi connectivity index (χ1) is 10.5. The van der Waals surface area contributed by atoms with Crippen molar-refractivity contribution in [2.75, 3.05) is 18.4 Å². The van der Waals surface area contributed by atoms with Crippen LogP contribution in [0.1, 0.15) is 36.5 Å². The largest absolute Gasteiger partial charge is 0.337 e. The molecule has 1 aliphatic heterocycles. The lowest BCUT2D eigenvalue weighted by molar-refractivity contribution is -0.117. The van der Waals surface area contributed by atoms with Gasteiger partial charge in [-0.25, -0.2) is 0 Å². The molecule has 1 aromatic carbocycles. The highest BCUT2D eigenvalue weighted by Gasteiger charge is 2.39. The molecule has 1 aliphatic carbocycles. The number of nitrogens with zero attached hydrogens (tertiary/aromatic N) is 1. The summed E-state index contributed by atoms with van der Waals surface area (Å²) in [5, 5.41) is 2.90. The van der Waals surface area contributed by atoms with Crippen LogP contribution in [0.5, 0.6) is 0 Å². The molecule has 5 nitrogen and oxygen atoms in total. The number of amides is 2. The molecule has 1 saturated heterocycles. The number of benzene rings is 1. The highest BCUT2D eigenvalue weighted by atomic mass is 16.2. The molecule has 3 rings (SSSR count). The molecule has 2 fully saturated rings. The van der Waals surface area contributed by atoms with Crippen LogP contribution in [0.15, 0.2) is 24.3 Å². The van der Waals surface area contributed by atoms with E-state index >= 15 is 0 Å². The number of nitrogens with two attached hydrogens (primary N) is 1. The molecular weight excluding hydrogens is 278 g/mol. The summed E-state index contributed by atoms with van der Waals surface area (Å²) in [7, 11) is 0. The zero-order valence-electron chi connectivity index (χ0n) is 12.9. The van der Waals surface area contributed by atoms with Crippen LogP contribution in [0.25, 0.3) is 0 Å². The third kappa shape index (κ3) is 3.30. The van der Waals surface area contributed by atoms with E-state index in [4.69, 9.17) is 5.73 Å². The fourth-order valence-corrected chi connectivity index (χ4v) is 3.00. The fourth-order valence-electron chi connectivity index (χ4n) is 3.00. The van der Waals surface area contributed by atoms with Crippen molar-refractivity contribution < 1.29 is 9.59 Å². The molecule has 0 aromatic heterocycles. The van der Waals surface area contributed by atoms with Gasteiger partial charge >= 0.3 is 0 Å². The minimum Gasteiger partial charge on any atom is -0.337 e. The molecule has 2 aliphatic rings. The second-order valence-corrected chi connectivity index (χ2v) is 6.54. The Balaban J connectivity index is 1.61. The Kier molecular flexibility index (Phi) is 4.16. The van der Waals surface area contributed by atoms with Crippen LogP contribution < -0.4 is 11.1 Å². The summed E-state index contributed by atoms with van der Waals surface area (Å²) < 4.78 is 0. The number of carbonyl (C=O) groups excluding carboxylic acids is 2. The molecule has 1 heterocycles. The number of nitrogens with one attached hydrogen (secondary N) is 1. The Morgan fingerprint density at radius 2 is 1.95 bits per heavy atom. The molecule has 22 heavy (non-hydrogen) atoms. The SMILES string of the molecule is CC1CC1C(=O)Nc1ccc(C(=O)N2CCCC(N)C2)cc1. The quantitative estimate of drug-likeness (QED) is 0.894. The van der Waals surface area contributed by atoms with E-state index < -0.39 is 0 Å². The summed E-state index contributed by atoms with van der Waals surface area (Å²) in [4.78, 5) is 26.1. The third-order valence-electron chi connectivity index (χ3n) is 4.59. The molecule has 0 radical (unpaired) electrons. The van der Waals surface area contributed by atoms with Crippen LogP contribution in [0, 0.1) is 11.8 Å². The van der Waals surface area contributed by atoms with Gasteiger partial charge in [-0.15, -0.1) is 0 Å². The summed E-state index contributed by atoms with van der Waals surface area (Å²) in [6.45, 7) is 3.47. The summed E-state index contributed by atoms with van der Waals surface area (Å²) in [5.41, 5.74) is 7.32. The monoisotopic (exact) mass is 301 g/mol. The van der Waals surface area contributed by atoms with Crippen molar-refractivity contribution in [3.8, 4) is 0 Å². The van der Waals surface area contributed by atoms with Crippen LogP contribution >= 0.6 is 0 Å². The Hall–Kier alpha value is -1.88. The van der Waals surface area contributed by atoms with Crippen LogP contribution in [-0.4, -0.2) is 35.8 Å². The second kappa shape index (κ2) is 6.08.